The molecule has 1 aliphatic rings. The Kier molecular flexibility index (Phi) is 4.66. The summed E-state index contributed by atoms with van der Waals surface area (Å²) in [6, 6.07) is 9.21. The number of non-ortho nitro benzene ring substituents is 1. The van der Waals surface area contributed by atoms with Crippen molar-refractivity contribution in [3.8, 4) is 0 Å². The van der Waals surface area contributed by atoms with Gasteiger partial charge in [0.1, 0.15) is 5.82 Å². The summed E-state index contributed by atoms with van der Waals surface area (Å²) in [6.45, 7) is 0.821. The zero-order chi connectivity index (χ0) is 18.8. The van der Waals surface area contributed by atoms with Crippen LogP contribution < -0.4 is 0 Å². The van der Waals surface area contributed by atoms with E-state index in [1.54, 1.807) is 12.1 Å². The van der Waals surface area contributed by atoms with Crippen LogP contribution >= 0.6 is 0 Å². The van der Waals surface area contributed by atoms with E-state index in [2.05, 4.69) is 0 Å². The van der Waals surface area contributed by atoms with Crippen LogP contribution in [0.15, 0.2) is 42.5 Å². The Hall–Kier alpha value is -3.29. The third-order valence-electron chi connectivity index (χ3n) is 4.44. The fraction of sp³-hybridized carbons (Fsp3) is 0.222. The monoisotopic (exact) mass is 358 g/mol. The molecule has 2 aromatic rings. The molecule has 1 N–H and O–H groups in total. The third-order valence-corrected chi connectivity index (χ3v) is 4.44. The van der Waals surface area contributed by atoms with Crippen LogP contribution in [0.2, 0.25) is 0 Å². The lowest BCUT2D eigenvalue weighted by Gasteiger charge is -2.17. The van der Waals surface area contributed by atoms with Crippen LogP contribution in [0.3, 0.4) is 0 Å². The van der Waals surface area contributed by atoms with Gasteiger partial charge in [0.25, 0.3) is 11.6 Å². The van der Waals surface area contributed by atoms with Crippen LogP contribution in [0.25, 0.3) is 0 Å². The average Bonchev–Trinajstić information content (AvgIpc) is 3.11. The van der Waals surface area contributed by atoms with Gasteiger partial charge in [0.05, 0.1) is 10.5 Å². The molecule has 0 radical (unpaired) electrons. The molecule has 1 amide bonds. The lowest BCUT2D eigenvalue weighted by atomic mass is 9.98. The number of nitro benzene ring substituents is 1. The van der Waals surface area contributed by atoms with E-state index in [9.17, 15) is 24.1 Å². The molecule has 0 saturated carbocycles. The predicted octanol–water partition coefficient (Wildman–Crippen LogP) is 3.06. The predicted molar refractivity (Wildman–Crippen MR) is 89.7 cm³/mol. The van der Waals surface area contributed by atoms with Crippen LogP contribution in [0.1, 0.15) is 38.6 Å². The zero-order valence-corrected chi connectivity index (χ0v) is 13.6. The zero-order valence-electron chi connectivity index (χ0n) is 13.6. The molecule has 1 saturated heterocycles. The van der Waals surface area contributed by atoms with Crippen molar-refractivity contribution < 1.29 is 24.0 Å². The fourth-order valence-corrected chi connectivity index (χ4v) is 3.10. The van der Waals surface area contributed by atoms with E-state index in [1.807, 2.05) is 0 Å². The Balaban J connectivity index is 1.82. The first-order valence-electron chi connectivity index (χ1n) is 7.92. The average molecular weight is 358 g/mol. The van der Waals surface area contributed by atoms with Gasteiger partial charge in [0, 0.05) is 36.7 Å². The molecule has 0 unspecified atom stereocenters. The SMILES string of the molecule is O=C(O)c1cc(C(=O)N2CC[C@@H](c3ccc(F)cc3)C2)cc([N+](=O)[O-])c1. The van der Waals surface area contributed by atoms with Crippen molar-refractivity contribution in [3.63, 3.8) is 0 Å². The summed E-state index contributed by atoms with van der Waals surface area (Å²) < 4.78 is 13.0. The van der Waals surface area contributed by atoms with Crippen LogP contribution in [0, 0.1) is 15.9 Å². The maximum Gasteiger partial charge on any atom is 0.335 e. The van der Waals surface area contributed by atoms with Gasteiger partial charge in [-0.15, -0.1) is 0 Å². The molecule has 0 aliphatic carbocycles. The van der Waals surface area contributed by atoms with E-state index >= 15 is 0 Å². The van der Waals surface area contributed by atoms with E-state index in [0.29, 0.717) is 19.5 Å². The van der Waals surface area contributed by atoms with E-state index in [-0.39, 0.29) is 22.9 Å². The molecule has 1 fully saturated rings. The first-order valence-corrected chi connectivity index (χ1v) is 7.92. The smallest absolute Gasteiger partial charge is 0.335 e. The van der Waals surface area contributed by atoms with E-state index < -0.39 is 22.5 Å². The lowest BCUT2D eigenvalue weighted by Crippen LogP contribution is -2.28. The van der Waals surface area contributed by atoms with Crippen molar-refractivity contribution in [2.45, 2.75) is 12.3 Å². The number of halogens is 1. The summed E-state index contributed by atoms with van der Waals surface area (Å²) in [5, 5.41) is 20.1. The second-order valence-corrected chi connectivity index (χ2v) is 6.12. The highest BCUT2D eigenvalue weighted by molar-refractivity contribution is 5.98. The minimum absolute atomic E-state index is 0.0312. The van der Waals surface area contributed by atoms with Crippen LogP contribution in [0.4, 0.5) is 10.1 Å². The number of carboxylic acid groups (broad SMARTS) is 1. The first kappa shape index (κ1) is 17.5. The normalized spacial score (nSPS) is 16.5. The number of aromatic carboxylic acids is 1. The standard InChI is InChI=1S/C18H15FN2O5/c19-15-3-1-11(2-4-15)12-5-6-20(10-12)17(22)13-7-14(18(23)24)9-16(8-13)21(25)26/h1-4,7-9,12H,5-6,10H2,(H,23,24)/t12-/m1/s1. The molecule has 1 heterocycles. The molecule has 134 valence electrons. The van der Waals surface area contributed by atoms with Gasteiger partial charge in [-0.1, -0.05) is 12.1 Å². The highest BCUT2D eigenvalue weighted by Crippen LogP contribution is 2.29. The number of rotatable bonds is 4. The summed E-state index contributed by atoms with van der Waals surface area (Å²) in [7, 11) is 0. The van der Waals surface area contributed by atoms with Crippen molar-refractivity contribution in [2.24, 2.45) is 0 Å². The lowest BCUT2D eigenvalue weighted by molar-refractivity contribution is -0.384. The summed E-state index contributed by atoms with van der Waals surface area (Å²) in [6.07, 6.45) is 0.679. The summed E-state index contributed by atoms with van der Waals surface area (Å²) in [5.41, 5.74) is 0.127. The number of nitro groups is 1. The summed E-state index contributed by atoms with van der Waals surface area (Å²) in [5.74, 6) is -2.09. The molecule has 0 bridgehead atoms. The Morgan fingerprint density at radius 1 is 1.15 bits per heavy atom. The summed E-state index contributed by atoms with van der Waals surface area (Å²) >= 11 is 0. The Labute approximate surface area is 147 Å². The van der Waals surface area contributed by atoms with Gasteiger partial charge < -0.3 is 10.0 Å². The van der Waals surface area contributed by atoms with Crippen molar-refractivity contribution in [1.82, 2.24) is 4.90 Å². The van der Waals surface area contributed by atoms with Crippen LogP contribution in [0.5, 0.6) is 0 Å². The van der Waals surface area contributed by atoms with Gasteiger partial charge >= 0.3 is 5.97 Å². The molecule has 3 rings (SSSR count). The number of carbonyl (C=O) groups excluding carboxylic acids is 1. The van der Waals surface area contributed by atoms with Crippen LogP contribution in [-0.4, -0.2) is 39.9 Å². The maximum absolute atomic E-state index is 13.0. The van der Waals surface area contributed by atoms with Crippen molar-refractivity contribution in [3.05, 3.63) is 75.1 Å². The number of carbonyl (C=O) groups is 2. The maximum atomic E-state index is 13.0. The number of carboxylic acids is 1. The molecular formula is C18H15FN2O5. The second-order valence-electron chi connectivity index (χ2n) is 6.12. The van der Waals surface area contributed by atoms with Crippen LogP contribution in [-0.2, 0) is 0 Å². The number of hydrogen-bond acceptors (Lipinski definition) is 4. The molecule has 0 spiro atoms. The molecule has 8 heteroatoms. The van der Waals surface area contributed by atoms with Gasteiger partial charge in [-0.05, 0) is 30.2 Å². The molecule has 1 aliphatic heterocycles. The van der Waals surface area contributed by atoms with E-state index in [0.717, 1.165) is 23.8 Å². The van der Waals surface area contributed by atoms with Gasteiger partial charge in [-0.3, -0.25) is 14.9 Å². The van der Waals surface area contributed by atoms with Gasteiger partial charge in [0.2, 0.25) is 0 Å². The minimum atomic E-state index is -1.34. The number of likely N-dealkylation sites (tertiary alicyclic amines) is 1. The highest BCUT2D eigenvalue weighted by atomic mass is 19.1. The van der Waals surface area contributed by atoms with Crippen molar-refractivity contribution >= 4 is 17.6 Å². The summed E-state index contributed by atoms with van der Waals surface area (Å²) in [4.78, 5) is 35.6. The first-order chi connectivity index (χ1) is 12.3. The van der Waals surface area contributed by atoms with Gasteiger partial charge in [-0.2, -0.15) is 0 Å². The topological polar surface area (TPSA) is 101 Å². The number of benzene rings is 2. The quantitative estimate of drug-likeness (QED) is 0.669. The van der Waals surface area contributed by atoms with E-state index in [4.69, 9.17) is 5.11 Å². The molecule has 26 heavy (non-hydrogen) atoms. The molecular weight excluding hydrogens is 343 g/mol. The Bertz CT molecular complexity index is 849. The Morgan fingerprint density at radius 2 is 1.81 bits per heavy atom. The van der Waals surface area contributed by atoms with Crippen molar-refractivity contribution in [2.75, 3.05) is 13.1 Å². The second kappa shape index (κ2) is 6.91. The molecule has 2 aromatic carbocycles. The molecule has 0 aromatic heterocycles. The van der Waals surface area contributed by atoms with Gasteiger partial charge in [-0.25, -0.2) is 9.18 Å². The number of amides is 1. The molecule has 7 nitrogen and oxygen atoms in total. The van der Waals surface area contributed by atoms with Gasteiger partial charge in [0.15, 0.2) is 0 Å². The van der Waals surface area contributed by atoms with E-state index in [1.165, 1.54) is 17.0 Å². The molecule has 1 atom stereocenters. The third kappa shape index (κ3) is 3.53. The fourth-order valence-electron chi connectivity index (χ4n) is 3.10. The largest absolute Gasteiger partial charge is 0.478 e. The number of hydrogen-bond donors (Lipinski definition) is 1. The van der Waals surface area contributed by atoms with Crippen molar-refractivity contribution in [1.29, 1.82) is 0 Å². The number of nitrogens with zero attached hydrogens (tertiary/aromatic N) is 2. The highest BCUT2D eigenvalue weighted by Gasteiger charge is 2.29. The minimum Gasteiger partial charge on any atom is -0.478 e. The Morgan fingerprint density at radius 3 is 2.42 bits per heavy atom.